The highest BCUT2D eigenvalue weighted by Gasteiger charge is 2.11. The number of nitrogens with one attached hydrogen (secondary N) is 1. The van der Waals surface area contributed by atoms with E-state index in [1.54, 1.807) is 17.4 Å². The van der Waals surface area contributed by atoms with E-state index in [9.17, 15) is 4.79 Å². The van der Waals surface area contributed by atoms with E-state index < -0.39 is 0 Å². The number of benzene rings is 3. The summed E-state index contributed by atoms with van der Waals surface area (Å²) in [5.41, 5.74) is 5.90. The standard InChI is InChI=1S/C27H22N2O3S/c1-18-4-2-3-5-22(18)27-29-23(17-33-27)20-8-10-21(11-9-20)28-26(30)13-7-19-6-12-24-25(16-19)32-15-14-31-24/h2-13,16-17H,14-15H2,1H3,(H,28,30)/b13-7-. The van der Waals surface area contributed by atoms with E-state index in [1.165, 1.54) is 11.6 Å². The van der Waals surface area contributed by atoms with Crippen LogP contribution in [0.25, 0.3) is 27.9 Å². The molecule has 2 heterocycles. The van der Waals surface area contributed by atoms with Gasteiger partial charge in [-0.25, -0.2) is 4.98 Å². The number of carbonyl (C=O) groups excluding carboxylic acids is 1. The third-order valence-electron chi connectivity index (χ3n) is 5.32. The number of hydrogen-bond acceptors (Lipinski definition) is 5. The van der Waals surface area contributed by atoms with Crippen molar-refractivity contribution in [3.05, 3.63) is 89.3 Å². The Kier molecular flexibility index (Phi) is 5.91. The van der Waals surface area contributed by atoms with Crippen molar-refractivity contribution < 1.29 is 14.3 Å². The highest BCUT2D eigenvalue weighted by Crippen LogP contribution is 2.32. The van der Waals surface area contributed by atoms with Gasteiger partial charge in [0.25, 0.3) is 0 Å². The van der Waals surface area contributed by atoms with Crippen LogP contribution in [0.4, 0.5) is 5.69 Å². The van der Waals surface area contributed by atoms with Crippen LogP contribution in [0.5, 0.6) is 11.5 Å². The molecular formula is C27H22N2O3S. The van der Waals surface area contributed by atoms with Crippen molar-refractivity contribution >= 4 is 29.0 Å². The van der Waals surface area contributed by atoms with Gasteiger partial charge in [0, 0.05) is 28.3 Å². The number of fused-ring (bicyclic) bond motifs is 1. The molecule has 4 aromatic rings. The molecular weight excluding hydrogens is 432 g/mol. The molecule has 5 nitrogen and oxygen atoms in total. The Hall–Kier alpha value is -3.90. The Balaban J connectivity index is 1.23. The zero-order valence-electron chi connectivity index (χ0n) is 18.1. The van der Waals surface area contributed by atoms with Gasteiger partial charge in [-0.1, -0.05) is 42.5 Å². The molecule has 3 aromatic carbocycles. The number of thiazole rings is 1. The van der Waals surface area contributed by atoms with E-state index >= 15 is 0 Å². The van der Waals surface area contributed by atoms with Gasteiger partial charge in [0.2, 0.25) is 5.91 Å². The Labute approximate surface area is 196 Å². The summed E-state index contributed by atoms with van der Waals surface area (Å²) >= 11 is 1.63. The molecule has 1 N–H and O–H groups in total. The summed E-state index contributed by atoms with van der Waals surface area (Å²) < 4.78 is 11.1. The van der Waals surface area contributed by atoms with Crippen LogP contribution in [-0.4, -0.2) is 24.1 Å². The fourth-order valence-corrected chi connectivity index (χ4v) is 4.51. The van der Waals surface area contributed by atoms with E-state index in [0.29, 0.717) is 19.0 Å². The third kappa shape index (κ3) is 4.81. The second kappa shape index (κ2) is 9.30. The first kappa shape index (κ1) is 21.0. The summed E-state index contributed by atoms with van der Waals surface area (Å²) in [6.45, 7) is 3.18. The molecule has 0 radical (unpaired) electrons. The minimum atomic E-state index is -0.201. The van der Waals surface area contributed by atoms with E-state index in [4.69, 9.17) is 14.5 Å². The van der Waals surface area contributed by atoms with Crippen LogP contribution in [0.15, 0.2) is 78.2 Å². The van der Waals surface area contributed by atoms with Crippen LogP contribution in [-0.2, 0) is 4.79 Å². The van der Waals surface area contributed by atoms with Gasteiger partial charge < -0.3 is 14.8 Å². The number of aromatic nitrogens is 1. The van der Waals surface area contributed by atoms with Gasteiger partial charge in [-0.2, -0.15) is 0 Å². The van der Waals surface area contributed by atoms with Gasteiger partial charge in [0.1, 0.15) is 18.2 Å². The Morgan fingerprint density at radius 1 is 1.00 bits per heavy atom. The molecule has 0 aliphatic carbocycles. The van der Waals surface area contributed by atoms with E-state index in [-0.39, 0.29) is 5.91 Å². The van der Waals surface area contributed by atoms with Gasteiger partial charge in [0.05, 0.1) is 5.69 Å². The van der Waals surface area contributed by atoms with Gasteiger partial charge >= 0.3 is 0 Å². The van der Waals surface area contributed by atoms with Gasteiger partial charge in [-0.15, -0.1) is 11.3 Å². The van der Waals surface area contributed by atoms with Crippen molar-refractivity contribution in [2.75, 3.05) is 18.5 Å². The molecule has 5 rings (SSSR count). The zero-order valence-corrected chi connectivity index (χ0v) is 18.9. The lowest BCUT2D eigenvalue weighted by Crippen LogP contribution is -2.15. The number of anilines is 1. The number of ether oxygens (including phenoxy) is 2. The molecule has 164 valence electrons. The van der Waals surface area contributed by atoms with Crippen molar-refractivity contribution in [3.8, 4) is 33.3 Å². The second-order valence-corrected chi connectivity index (χ2v) is 8.51. The lowest BCUT2D eigenvalue weighted by atomic mass is 10.1. The predicted molar refractivity (Wildman–Crippen MR) is 133 cm³/mol. The molecule has 0 atom stereocenters. The number of hydrogen-bond donors (Lipinski definition) is 1. The van der Waals surface area contributed by atoms with Gasteiger partial charge in [0.15, 0.2) is 11.5 Å². The summed E-state index contributed by atoms with van der Waals surface area (Å²) in [5, 5.41) is 5.96. The number of aryl methyl sites for hydroxylation is 1. The summed E-state index contributed by atoms with van der Waals surface area (Å²) in [7, 11) is 0. The fourth-order valence-electron chi connectivity index (χ4n) is 3.59. The molecule has 0 fully saturated rings. The summed E-state index contributed by atoms with van der Waals surface area (Å²) in [6.07, 6.45) is 3.26. The van der Waals surface area contributed by atoms with Crippen molar-refractivity contribution in [3.63, 3.8) is 0 Å². The SMILES string of the molecule is Cc1ccccc1-c1nc(-c2ccc(NC(=O)/C=C\c3ccc4c(c3)OCCO4)cc2)cs1. The van der Waals surface area contributed by atoms with Crippen LogP contribution >= 0.6 is 11.3 Å². The Morgan fingerprint density at radius 3 is 2.61 bits per heavy atom. The Bertz CT molecular complexity index is 1330. The maximum atomic E-state index is 12.4. The topological polar surface area (TPSA) is 60.5 Å². The first-order valence-electron chi connectivity index (χ1n) is 10.7. The van der Waals surface area contributed by atoms with E-state index in [0.717, 1.165) is 38.8 Å². The number of carbonyl (C=O) groups is 1. The molecule has 0 spiro atoms. The second-order valence-electron chi connectivity index (χ2n) is 7.66. The summed E-state index contributed by atoms with van der Waals surface area (Å²) in [5.74, 6) is 1.23. The van der Waals surface area contributed by atoms with Crippen LogP contribution in [0.1, 0.15) is 11.1 Å². The number of rotatable bonds is 5. The van der Waals surface area contributed by atoms with Crippen molar-refractivity contribution in [2.45, 2.75) is 6.92 Å². The molecule has 1 amide bonds. The molecule has 0 bridgehead atoms. The summed E-state index contributed by atoms with van der Waals surface area (Å²) in [4.78, 5) is 17.2. The first-order chi connectivity index (χ1) is 16.2. The van der Waals surface area contributed by atoms with Crippen LogP contribution < -0.4 is 14.8 Å². The van der Waals surface area contributed by atoms with Crippen LogP contribution in [0.2, 0.25) is 0 Å². The summed E-state index contributed by atoms with van der Waals surface area (Å²) in [6, 6.07) is 21.6. The highest BCUT2D eigenvalue weighted by atomic mass is 32.1. The Morgan fingerprint density at radius 2 is 1.79 bits per heavy atom. The number of nitrogens with zero attached hydrogens (tertiary/aromatic N) is 1. The van der Waals surface area contributed by atoms with E-state index in [1.807, 2.05) is 54.6 Å². The third-order valence-corrected chi connectivity index (χ3v) is 6.20. The lowest BCUT2D eigenvalue weighted by molar-refractivity contribution is -0.111. The monoisotopic (exact) mass is 454 g/mol. The average molecular weight is 455 g/mol. The van der Waals surface area contributed by atoms with E-state index in [2.05, 4.69) is 29.8 Å². The molecule has 0 saturated carbocycles. The molecule has 33 heavy (non-hydrogen) atoms. The lowest BCUT2D eigenvalue weighted by Gasteiger charge is -2.18. The first-order valence-corrected chi connectivity index (χ1v) is 11.5. The molecule has 1 aliphatic rings. The maximum absolute atomic E-state index is 12.4. The quantitative estimate of drug-likeness (QED) is 0.364. The minimum Gasteiger partial charge on any atom is -0.486 e. The van der Waals surface area contributed by atoms with Crippen LogP contribution in [0.3, 0.4) is 0 Å². The zero-order chi connectivity index (χ0) is 22.6. The number of amides is 1. The maximum Gasteiger partial charge on any atom is 0.248 e. The van der Waals surface area contributed by atoms with Crippen molar-refractivity contribution in [1.82, 2.24) is 4.98 Å². The predicted octanol–water partition coefficient (Wildman–Crippen LogP) is 6.21. The minimum absolute atomic E-state index is 0.201. The average Bonchev–Trinajstić information content (AvgIpc) is 3.33. The van der Waals surface area contributed by atoms with Crippen LogP contribution in [0, 0.1) is 6.92 Å². The highest BCUT2D eigenvalue weighted by molar-refractivity contribution is 7.13. The van der Waals surface area contributed by atoms with Crippen molar-refractivity contribution in [2.24, 2.45) is 0 Å². The molecule has 6 heteroatoms. The normalized spacial score (nSPS) is 12.6. The van der Waals surface area contributed by atoms with Crippen molar-refractivity contribution in [1.29, 1.82) is 0 Å². The molecule has 1 aromatic heterocycles. The molecule has 0 unspecified atom stereocenters. The van der Waals surface area contributed by atoms with Gasteiger partial charge in [-0.3, -0.25) is 4.79 Å². The fraction of sp³-hybridized carbons (Fsp3) is 0.111. The molecule has 1 aliphatic heterocycles. The van der Waals surface area contributed by atoms with Gasteiger partial charge in [-0.05, 0) is 48.4 Å². The molecule has 0 saturated heterocycles. The largest absolute Gasteiger partial charge is 0.486 e. The smallest absolute Gasteiger partial charge is 0.248 e.